The Kier molecular flexibility index (Phi) is 6.35. The molecule has 1 aliphatic rings. The maximum atomic E-state index is 11.8. The van der Waals surface area contributed by atoms with Gasteiger partial charge in [0.1, 0.15) is 0 Å². The lowest BCUT2D eigenvalue weighted by atomic mass is 10.1. The standard InChI is InChI=1S/C22H30N4O/c1-17(2)16-22(27)24-20-6-4-18(5-7-20)23-19-8-10-21(11-9-19)26-14-12-25(3)13-15-26/h4-11,17,23H,12-16H2,1-3H3,(H,24,27). The Morgan fingerprint density at radius 3 is 1.96 bits per heavy atom. The Bertz CT molecular complexity index is 732. The first-order valence-corrected chi connectivity index (χ1v) is 9.70. The number of amides is 1. The highest BCUT2D eigenvalue weighted by atomic mass is 16.1. The Hall–Kier alpha value is -2.53. The van der Waals surface area contributed by atoms with Crippen molar-refractivity contribution >= 4 is 28.7 Å². The van der Waals surface area contributed by atoms with Crippen LogP contribution in [0.1, 0.15) is 20.3 Å². The second-order valence-corrected chi connectivity index (χ2v) is 7.69. The minimum atomic E-state index is 0.0604. The van der Waals surface area contributed by atoms with Gasteiger partial charge in [-0.2, -0.15) is 0 Å². The van der Waals surface area contributed by atoms with Gasteiger partial charge in [-0.15, -0.1) is 0 Å². The van der Waals surface area contributed by atoms with Crippen molar-refractivity contribution in [2.24, 2.45) is 5.92 Å². The van der Waals surface area contributed by atoms with Gasteiger partial charge in [-0.05, 0) is 61.5 Å². The SMILES string of the molecule is CC(C)CC(=O)Nc1ccc(Nc2ccc(N3CCN(C)CC3)cc2)cc1. The summed E-state index contributed by atoms with van der Waals surface area (Å²) in [4.78, 5) is 16.6. The van der Waals surface area contributed by atoms with Crippen LogP contribution in [0.25, 0.3) is 0 Å². The Morgan fingerprint density at radius 2 is 1.41 bits per heavy atom. The number of rotatable bonds is 6. The largest absolute Gasteiger partial charge is 0.369 e. The highest BCUT2D eigenvalue weighted by molar-refractivity contribution is 5.91. The fraction of sp³-hybridized carbons (Fsp3) is 0.409. The Labute approximate surface area is 162 Å². The van der Waals surface area contributed by atoms with Crippen LogP contribution >= 0.6 is 0 Å². The molecule has 144 valence electrons. The molecule has 1 saturated heterocycles. The Balaban J connectivity index is 1.55. The number of carbonyl (C=O) groups is 1. The molecule has 2 aromatic carbocycles. The number of likely N-dealkylation sites (N-methyl/N-ethyl adjacent to an activating group) is 1. The van der Waals surface area contributed by atoms with Crippen LogP contribution in [-0.2, 0) is 4.79 Å². The van der Waals surface area contributed by atoms with Gasteiger partial charge < -0.3 is 20.4 Å². The highest BCUT2D eigenvalue weighted by Gasteiger charge is 2.13. The number of hydrogen-bond acceptors (Lipinski definition) is 4. The molecule has 0 radical (unpaired) electrons. The van der Waals surface area contributed by atoms with Crippen molar-refractivity contribution < 1.29 is 4.79 Å². The summed E-state index contributed by atoms with van der Waals surface area (Å²) >= 11 is 0. The van der Waals surface area contributed by atoms with E-state index in [0.29, 0.717) is 12.3 Å². The summed E-state index contributed by atoms with van der Waals surface area (Å²) in [5.41, 5.74) is 4.17. The molecule has 2 aromatic rings. The number of carbonyl (C=O) groups excluding carboxylic acids is 1. The molecule has 1 heterocycles. The van der Waals surface area contributed by atoms with E-state index < -0.39 is 0 Å². The smallest absolute Gasteiger partial charge is 0.224 e. The van der Waals surface area contributed by atoms with Gasteiger partial charge in [0, 0.05) is 55.3 Å². The van der Waals surface area contributed by atoms with E-state index in [1.165, 1.54) is 5.69 Å². The first-order chi connectivity index (χ1) is 13.0. The monoisotopic (exact) mass is 366 g/mol. The molecule has 3 rings (SSSR count). The zero-order valence-corrected chi connectivity index (χ0v) is 16.5. The van der Waals surface area contributed by atoms with Crippen molar-refractivity contribution in [2.45, 2.75) is 20.3 Å². The van der Waals surface area contributed by atoms with Crippen molar-refractivity contribution in [3.8, 4) is 0 Å². The van der Waals surface area contributed by atoms with Crippen molar-refractivity contribution in [1.29, 1.82) is 0 Å². The molecule has 1 aliphatic heterocycles. The van der Waals surface area contributed by atoms with E-state index in [-0.39, 0.29) is 5.91 Å². The predicted molar refractivity (Wildman–Crippen MR) is 114 cm³/mol. The zero-order chi connectivity index (χ0) is 19.2. The van der Waals surface area contributed by atoms with Crippen molar-refractivity contribution in [1.82, 2.24) is 4.90 Å². The van der Waals surface area contributed by atoms with Gasteiger partial charge in [0.2, 0.25) is 5.91 Å². The fourth-order valence-corrected chi connectivity index (χ4v) is 3.21. The lowest BCUT2D eigenvalue weighted by Gasteiger charge is -2.34. The summed E-state index contributed by atoms with van der Waals surface area (Å²) in [7, 11) is 2.17. The lowest BCUT2D eigenvalue weighted by molar-refractivity contribution is -0.116. The van der Waals surface area contributed by atoms with Crippen LogP contribution in [0.5, 0.6) is 0 Å². The van der Waals surface area contributed by atoms with Crippen LogP contribution in [-0.4, -0.2) is 44.0 Å². The van der Waals surface area contributed by atoms with Gasteiger partial charge in [0.25, 0.3) is 0 Å². The first kappa shape index (κ1) is 19.2. The number of anilines is 4. The second-order valence-electron chi connectivity index (χ2n) is 7.69. The molecule has 1 amide bonds. The maximum absolute atomic E-state index is 11.8. The second kappa shape index (κ2) is 8.91. The van der Waals surface area contributed by atoms with Crippen molar-refractivity contribution in [2.75, 3.05) is 48.8 Å². The molecule has 0 atom stereocenters. The summed E-state index contributed by atoms with van der Waals surface area (Å²) < 4.78 is 0. The van der Waals surface area contributed by atoms with E-state index in [1.807, 2.05) is 38.1 Å². The molecule has 0 bridgehead atoms. The van der Waals surface area contributed by atoms with Crippen molar-refractivity contribution in [3.05, 3.63) is 48.5 Å². The number of hydrogen-bond donors (Lipinski definition) is 2. The van der Waals surface area contributed by atoms with Gasteiger partial charge in [0.05, 0.1) is 0 Å². The van der Waals surface area contributed by atoms with Gasteiger partial charge in [-0.3, -0.25) is 4.79 Å². The third-order valence-corrected chi connectivity index (χ3v) is 4.79. The summed E-state index contributed by atoms with van der Waals surface area (Å²) in [6.45, 7) is 8.46. The summed E-state index contributed by atoms with van der Waals surface area (Å²) in [6.07, 6.45) is 0.541. The van der Waals surface area contributed by atoms with E-state index in [4.69, 9.17) is 0 Å². The van der Waals surface area contributed by atoms with E-state index in [0.717, 1.165) is 43.2 Å². The van der Waals surface area contributed by atoms with Crippen LogP contribution in [0.4, 0.5) is 22.7 Å². The first-order valence-electron chi connectivity index (χ1n) is 9.70. The van der Waals surface area contributed by atoms with Crippen LogP contribution < -0.4 is 15.5 Å². The molecule has 0 unspecified atom stereocenters. The molecule has 0 saturated carbocycles. The van der Waals surface area contributed by atoms with E-state index in [2.05, 4.69) is 51.7 Å². The fourth-order valence-electron chi connectivity index (χ4n) is 3.21. The third kappa shape index (κ3) is 5.73. The van der Waals surface area contributed by atoms with E-state index in [1.54, 1.807) is 0 Å². The molecule has 5 heteroatoms. The zero-order valence-electron chi connectivity index (χ0n) is 16.5. The number of benzene rings is 2. The van der Waals surface area contributed by atoms with E-state index in [9.17, 15) is 4.79 Å². The van der Waals surface area contributed by atoms with Crippen LogP contribution in [0.15, 0.2) is 48.5 Å². The molecular weight excluding hydrogens is 336 g/mol. The molecule has 2 N–H and O–H groups in total. The summed E-state index contributed by atoms with van der Waals surface area (Å²) in [5, 5.41) is 6.35. The van der Waals surface area contributed by atoms with Crippen molar-refractivity contribution in [3.63, 3.8) is 0 Å². The average molecular weight is 367 g/mol. The minimum absolute atomic E-state index is 0.0604. The lowest BCUT2D eigenvalue weighted by Crippen LogP contribution is -2.44. The molecule has 0 spiro atoms. The molecular formula is C22H30N4O. The molecule has 1 fully saturated rings. The molecule has 27 heavy (non-hydrogen) atoms. The van der Waals surface area contributed by atoms with Gasteiger partial charge >= 0.3 is 0 Å². The third-order valence-electron chi connectivity index (χ3n) is 4.79. The highest BCUT2D eigenvalue weighted by Crippen LogP contribution is 2.23. The quantitative estimate of drug-likeness (QED) is 0.806. The minimum Gasteiger partial charge on any atom is -0.369 e. The molecule has 0 aromatic heterocycles. The number of piperazine rings is 1. The van der Waals surface area contributed by atoms with Gasteiger partial charge in [-0.1, -0.05) is 13.8 Å². The average Bonchev–Trinajstić information content (AvgIpc) is 2.64. The van der Waals surface area contributed by atoms with E-state index >= 15 is 0 Å². The maximum Gasteiger partial charge on any atom is 0.224 e. The number of nitrogens with one attached hydrogen (secondary N) is 2. The van der Waals surface area contributed by atoms with Gasteiger partial charge in [-0.25, -0.2) is 0 Å². The Morgan fingerprint density at radius 1 is 0.889 bits per heavy atom. The number of nitrogens with zero attached hydrogens (tertiary/aromatic N) is 2. The van der Waals surface area contributed by atoms with Crippen LogP contribution in [0.2, 0.25) is 0 Å². The topological polar surface area (TPSA) is 47.6 Å². The normalized spacial score (nSPS) is 15.0. The molecule has 5 nitrogen and oxygen atoms in total. The van der Waals surface area contributed by atoms with Crippen LogP contribution in [0.3, 0.4) is 0 Å². The van der Waals surface area contributed by atoms with Crippen LogP contribution in [0, 0.1) is 5.92 Å². The summed E-state index contributed by atoms with van der Waals surface area (Å²) in [5.74, 6) is 0.421. The molecule has 0 aliphatic carbocycles. The summed E-state index contributed by atoms with van der Waals surface area (Å²) in [6, 6.07) is 16.4. The predicted octanol–water partition coefficient (Wildman–Crippen LogP) is 4.17. The van der Waals surface area contributed by atoms with Gasteiger partial charge in [0.15, 0.2) is 0 Å².